The van der Waals surface area contributed by atoms with Crippen molar-refractivity contribution in [3.8, 4) is 0 Å². The lowest BCUT2D eigenvalue weighted by atomic mass is 10.4. The van der Waals surface area contributed by atoms with Gasteiger partial charge in [0.15, 0.2) is 0 Å². The average Bonchev–Trinajstić information content (AvgIpc) is 2.20. The third-order valence-electron chi connectivity index (χ3n) is 1.69. The molecule has 0 saturated carbocycles. The number of hydrogen-bond donors (Lipinski definition) is 0. The molecule has 0 bridgehead atoms. The van der Waals surface area contributed by atoms with Crippen molar-refractivity contribution in [1.82, 2.24) is 4.90 Å². The maximum Gasteiger partial charge on any atom is 0.209 e. The van der Waals surface area contributed by atoms with Crippen LogP contribution in [0.25, 0.3) is 0 Å². The van der Waals surface area contributed by atoms with Crippen molar-refractivity contribution < 1.29 is 14.3 Å². The van der Waals surface area contributed by atoms with Crippen LogP contribution in [0.4, 0.5) is 0 Å². The molecule has 1 fully saturated rings. The summed E-state index contributed by atoms with van der Waals surface area (Å²) < 4.78 is 5.00. The van der Waals surface area contributed by atoms with Crippen LogP contribution in [0.15, 0.2) is 0 Å². The zero-order valence-electron chi connectivity index (χ0n) is 8.28. The maximum absolute atomic E-state index is 10.0. The van der Waals surface area contributed by atoms with Gasteiger partial charge in [-0.15, -0.1) is 0 Å². The highest BCUT2D eigenvalue weighted by atomic mass is 16.5. The molecule has 4 heteroatoms. The fourth-order valence-electron chi connectivity index (χ4n) is 0.683. The van der Waals surface area contributed by atoms with Crippen LogP contribution >= 0.6 is 0 Å². The number of ether oxygens (including phenoxy) is 1. The highest BCUT2D eigenvalue weighted by Gasteiger charge is 2.05. The van der Waals surface area contributed by atoms with Crippen LogP contribution in [0.3, 0.4) is 0 Å². The Labute approximate surface area is 78.9 Å². The normalized spacial score (nSPS) is 15.7. The summed E-state index contributed by atoms with van der Waals surface area (Å²) in [5, 5.41) is 0. The molecule has 0 N–H and O–H groups in total. The van der Waals surface area contributed by atoms with Crippen LogP contribution in [-0.4, -0.2) is 43.4 Å². The number of amides is 1. The van der Waals surface area contributed by atoms with Gasteiger partial charge >= 0.3 is 0 Å². The number of morpholine rings is 1. The van der Waals surface area contributed by atoms with E-state index >= 15 is 0 Å². The summed E-state index contributed by atoms with van der Waals surface area (Å²) in [6.45, 7) is 6.33. The highest BCUT2D eigenvalue weighted by Crippen LogP contribution is 1.90. The summed E-state index contributed by atoms with van der Waals surface area (Å²) in [6, 6.07) is 0. The summed E-state index contributed by atoms with van der Waals surface area (Å²) in [7, 11) is 0. The van der Waals surface area contributed by atoms with Crippen LogP contribution < -0.4 is 0 Å². The second-order valence-corrected chi connectivity index (χ2v) is 2.81. The van der Waals surface area contributed by atoms with Crippen molar-refractivity contribution >= 4 is 12.2 Å². The molecule has 13 heavy (non-hydrogen) atoms. The number of carbonyl (C=O) groups is 2. The fourth-order valence-corrected chi connectivity index (χ4v) is 0.683. The van der Waals surface area contributed by atoms with Crippen LogP contribution in [-0.2, 0) is 14.3 Å². The highest BCUT2D eigenvalue weighted by molar-refractivity contribution is 5.74. The first-order chi connectivity index (χ1) is 6.20. The monoisotopic (exact) mass is 187 g/mol. The molecule has 0 aromatic rings. The zero-order valence-corrected chi connectivity index (χ0v) is 8.28. The van der Waals surface area contributed by atoms with E-state index in [1.165, 1.54) is 0 Å². The van der Waals surface area contributed by atoms with Crippen molar-refractivity contribution in [1.29, 1.82) is 0 Å². The fraction of sp³-hybridized carbons (Fsp3) is 0.778. The molecule has 1 heterocycles. The van der Waals surface area contributed by atoms with Gasteiger partial charge in [0.25, 0.3) is 0 Å². The first kappa shape index (κ1) is 12.1. The van der Waals surface area contributed by atoms with Gasteiger partial charge in [0.05, 0.1) is 13.2 Å². The first-order valence-electron chi connectivity index (χ1n) is 4.47. The first-order valence-corrected chi connectivity index (χ1v) is 4.47. The van der Waals surface area contributed by atoms with E-state index in [0.29, 0.717) is 19.6 Å². The van der Waals surface area contributed by atoms with Crippen molar-refractivity contribution in [3.63, 3.8) is 0 Å². The third-order valence-corrected chi connectivity index (χ3v) is 1.69. The van der Waals surface area contributed by atoms with E-state index in [4.69, 9.17) is 4.74 Å². The van der Waals surface area contributed by atoms with Crippen LogP contribution in [0.1, 0.15) is 20.3 Å². The maximum atomic E-state index is 10.0. The molecule has 0 radical (unpaired) electrons. The third kappa shape index (κ3) is 7.46. The zero-order chi connectivity index (χ0) is 10.1. The van der Waals surface area contributed by atoms with E-state index in [-0.39, 0.29) is 5.78 Å². The van der Waals surface area contributed by atoms with Crippen LogP contribution in [0.2, 0.25) is 0 Å². The van der Waals surface area contributed by atoms with Gasteiger partial charge in [0.1, 0.15) is 5.78 Å². The largest absolute Gasteiger partial charge is 0.378 e. The van der Waals surface area contributed by atoms with Crippen molar-refractivity contribution in [2.75, 3.05) is 26.3 Å². The number of carbonyl (C=O) groups excluding carboxylic acids is 2. The average molecular weight is 187 g/mol. The molecule has 0 aromatic heterocycles. The minimum atomic E-state index is 0.255. The van der Waals surface area contributed by atoms with Gasteiger partial charge in [-0.05, 0) is 6.92 Å². The number of nitrogens with zero attached hydrogens (tertiary/aromatic N) is 1. The molecule has 1 saturated heterocycles. The van der Waals surface area contributed by atoms with E-state index in [2.05, 4.69) is 0 Å². The van der Waals surface area contributed by atoms with Gasteiger partial charge < -0.3 is 14.4 Å². The Morgan fingerprint density at radius 1 is 1.46 bits per heavy atom. The number of hydrogen-bond acceptors (Lipinski definition) is 3. The Balaban J connectivity index is 0.000000252. The molecule has 0 spiro atoms. The molecule has 0 unspecified atom stereocenters. The van der Waals surface area contributed by atoms with Crippen molar-refractivity contribution in [2.24, 2.45) is 0 Å². The van der Waals surface area contributed by atoms with E-state index in [1.54, 1.807) is 11.8 Å². The second-order valence-electron chi connectivity index (χ2n) is 2.81. The van der Waals surface area contributed by atoms with Gasteiger partial charge in [0, 0.05) is 19.5 Å². The predicted molar refractivity (Wildman–Crippen MR) is 49.4 cm³/mol. The smallest absolute Gasteiger partial charge is 0.209 e. The van der Waals surface area contributed by atoms with Gasteiger partial charge in [-0.25, -0.2) is 0 Å². The van der Waals surface area contributed by atoms with Crippen LogP contribution in [0.5, 0.6) is 0 Å². The molecule has 1 amide bonds. The Morgan fingerprint density at radius 2 is 1.92 bits per heavy atom. The Hall–Kier alpha value is -0.900. The molecule has 4 nitrogen and oxygen atoms in total. The molecule has 76 valence electrons. The Bertz CT molecular complexity index is 153. The molecule has 1 aliphatic heterocycles. The Kier molecular flexibility index (Phi) is 7.20. The minimum Gasteiger partial charge on any atom is -0.378 e. The standard InChI is InChI=1S/C5H9NO2.C4H8O/c7-5-6-1-3-8-4-2-6;1-3-4(2)5/h5H,1-4H2;3H2,1-2H3. The predicted octanol–water partition coefficient (Wildman–Crippen LogP) is 0.460. The van der Waals surface area contributed by atoms with Gasteiger partial charge in [-0.3, -0.25) is 4.79 Å². The van der Waals surface area contributed by atoms with E-state index in [0.717, 1.165) is 19.5 Å². The lowest BCUT2D eigenvalue weighted by Crippen LogP contribution is -2.34. The molecule has 1 rings (SSSR count). The lowest BCUT2D eigenvalue weighted by molar-refractivity contribution is -0.121. The van der Waals surface area contributed by atoms with E-state index < -0.39 is 0 Å². The van der Waals surface area contributed by atoms with E-state index in [9.17, 15) is 9.59 Å². The number of rotatable bonds is 2. The lowest BCUT2D eigenvalue weighted by Gasteiger charge is -2.21. The second kappa shape index (κ2) is 7.73. The Morgan fingerprint density at radius 3 is 2.15 bits per heavy atom. The minimum absolute atomic E-state index is 0.255. The summed E-state index contributed by atoms with van der Waals surface area (Å²) >= 11 is 0. The molecule has 1 aliphatic rings. The van der Waals surface area contributed by atoms with Crippen molar-refractivity contribution in [3.05, 3.63) is 0 Å². The van der Waals surface area contributed by atoms with E-state index in [1.807, 2.05) is 6.92 Å². The van der Waals surface area contributed by atoms with Crippen LogP contribution in [0, 0.1) is 0 Å². The summed E-state index contributed by atoms with van der Waals surface area (Å²) in [5.41, 5.74) is 0. The van der Waals surface area contributed by atoms with Gasteiger partial charge in [-0.1, -0.05) is 6.92 Å². The number of Topliss-reactive ketones (excluding diaryl/α,β-unsaturated/α-hetero) is 1. The quantitative estimate of drug-likeness (QED) is 0.590. The molecule has 0 atom stereocenters. The molecule has 0 aliphatic carbocycles. The summed E-state index contributed by atoms with van der Waals surface area (Å²) in [6.07, 6.45) is 1.53. The summed E-state index contributed by atoms with van der Waals surface area (Å²) in [5.74, 6) is 0.255. The number of ketones is 1. The van der Waals surface area contributed by atoms with Crippen molar-refractivity contribution in [2.45, 2.75) is 20.3 Å². The molecular weight excluding hydrogens is 170 g/mol. The molecular formula is C9H17NO3. The van der Waals surface area contributed by atoms with Gasteiger partial charge in [-0.2, -0.15) is 0 Å². The van der Waals surface area contributed by atoms with Gasteiger partial charge in [0.2, 0.25) is 6.41 Å². The summed E-state index contributed by atoms with van der Waals surface area (Å²) in [4.78, 5) is 21.6. The SMILES string of the molecule is CCC(C)=O.O=CN1CCOCC1. The topological polar surface area (TPSA) is 46.6 Å². The molecule has 0 aromatic carbocycles.